The second kappa shape index (κ2) is 18.8. The number of alkyl carbamates (subject to hydrolysis) is 1. The van der Waals surface area contributed by atoms with E-state index in [9.17, 15) is 14.0 Å². The maximum atomic E-state index is 14.3. The van der Waals surface area contributed by atoms with Gasteiger partial charge >= 0.3 is 6.09 Å². The lowest BCUT2D eigenvalue weighted by Crippen LogP contribution is -2.49. The fourth-order valence-electron chi connectivity index (χ4n) is 3.94. The van der Waals surface area contributed by atoms with Gasteiger partial charge in [0.05, 0.1) is 6.54 Å². The van der Waals surface area contributed by atoms with E-state index in [-0.39, 0.29) is 18.8 Å². The number of halogens is 1. The van der Waals surface area contributed by atoms with E-state index in [4.69, 9.17) is 4.74 Å². The summed E-state index contributed by atoms with van der Waals surface area (Å²) in [4.78, 5) is 25.0. The topological polar surface area (TPSA) is 67.4 Å². The summed E-state index contributed by atoms with van der Waals surface area (Å²) in [6.07, 6.45) is 15.7. The van der Waals surface area contributed by atoms with E-state index in [1.165, 1.54) is 57.8 Å². The van der Waals surface area contributed by atoms with Gasteiger partial charge in [0.15, 0.2) is 0 Å². The third kappa shape index (κ3) is 17.1. The highest BCUT2D eigenvalue weighted by Crippen LogP contribution is 2.13. The first-order valence-electron chi connectivity index (χ1n) is 13.9. The molecule has 0 bridgehead atoms. The van der Waals surface area contributed by atoms with Gasteiger partial charge in [-0.25, -0.2) is 9.18 Å². The van der Waals surface area contributed by atoms with Crippen LogP contribution >= 0.6 is 0 Å². The lowest BCUT2D eigenvalue weighted by atomic mass is 10.1. The van der Waals surface area contributed by atoms with Gasteiger partial charge in [0.2, 0.25) is 5.91 Å². The first-order chi connectivity index (χ1) is 17.2. The highest BCUT2D eigenvalue weighted by atomic mass is 19.1. The molecule has 0 saturated carbocycles. The third-order valence-corrected chi connectivity index (χ3v) is 5.90. The predicted molar refractivity (Wildman–Crippen MR) is 147 cm³/mol. The number of carbonyl (C=O) groups is 2. The SMILES string of the molecule is CCCCCCCCCCCCC/C=C(\F)CNC(=O)[C@@H](Cc1ccccc1)NC(=O)OC(C)(C)C. The average molecular weight is 505 g/mol. The van der Waals surface area contributed by atoms with Gasteiger partial charge in [0.25, 0.3) is 0 Å². The Kier molecular flexibility index (Phi) is 16.6. The van der Waals surface area contributed by atoms with Crippen LogP contribution in [-0.2, 0) is 16.0 Å². The van der Waals surface area contributed by atoms with Gasteiger partial charge in [-0.2, -0.15) is 0 Å². The van der Waals surface area contributed by atoms with Crippen LogP contribution in [0.4, 0.5) is 9.18 Å². The second-order valence-corrected chi connectivity index (χ2v) is 10.6. The molecule has 0 fully saturated rings. The van der Waals surface area contributed by atoms with Gasteiger partial charge in [-0.1, -0.05) is 108 Å². The fraction of sp³-hybridized carbons (Fsp3) is 0.667. The summed E-state index contributed by atoms with van der Waals surface area (Å²) >= 11 is 0. The zero-order chi connectivity index (χ0) is 26.7. The predicted octanol–water partition coefficient (Wildman–Crippen LogP) is 7.79. The number of unbranched alkanes of at least 4 members (excludes halogenated alkanes) is 11. The number of carbonyl (C=O) groups excluding carboxylic acids is 2. The van der Waals surface area contributed by atoms with Crippen molar-refractivity contribution in [2.75, 3.05) is 6.54 Å². The van der Waals surface area contributed by atoms with E-state index in [0.717, 1.165) is 18.4 Å². The molecule has 0 heterocycles. The van der Waals surface area contributed by atoms with Gasteiger partial charge < -0.3 is 15.4 Å². The van der Waals surface area contributed by atoms with E-state index in [0.29, 0.717) is 6.42 Å². The van der Waals surface area contributed by atoms with Crippen LogP contribution in [0.25, 0.3) is 0 Å². The van der Waals surface area contributed by atoms with E-state index in [1.807, 2.05) is 30.3 Å². The minimum absolute atomic E-state index is 0.182. The van der Waals surface area contributed by atoms with Crippen LogP contribution in [-0.4, -0.2) is 30.2 Å². The Morgan fingerprint density at radius 2 is 1.47 bits per heavy atom. The molecular weight excluding hydrogens is 455 g/mol. The Balaban J connectivity index is 2.34. The minimum Gasteiger partial charge on any atom is -0.444 e. The zero-order valence-electron chi connectivity index (χ0n) is 23.0. The third-order valence-electron chi connectivity index (χ3n) is 5.90. The fourth-order valence-corrected chi connectivity index (χ4v) is 3.94. The van der Waals surface area contributed by atoms with Gasteiger partial charge in [0, 0.05) is 6.42 Å². The standard InChI is InChI=1S/C30H49FN2O3/c1-5-6-7-8-9-10-11-12-13-14-15-19-22-26(31)24-32-28(34)27(23-25-20-17-16-18-21-25)33-29(35)36-30(2,3)4/h16-18,20-22,27H,5-15,19,23-24H2,1-4H3,(H,32,34)(H,33,35)/b26-22-/t27-/m1/s1. The normalized spacial score (nSPS) is 12.8. The van der Waals surface area contributed by atoms with Crippen LogP contribution in [0, 0.1) is 0 Å². The van der Waals surface area contributed by atoms with Crippen molar-refractivity contribution in [3.05, 3.63) is 47.8 Å². The number of benzene rings is 1. The summed E-state index contributed by atoms with van der Waals surface area (Å²) < 4.78 is 19.6. The van der Waals surface area contributed by atoms with Crippen molar-refractivity contribution in [1.82, 2.24) is 10.6 Å². The number of hydrogen-bond acceptors (Lipinski definition) is 3. The molecule has 1 aromatic carbocycles. The van der Waals surface area contributed by atoms with Crippen LogP contribution < -0.4 is 10.6 Å². The Bertz CT molecular complexity index is 759. The second-order valence-electron chi connectivity index (χ2n) is 10.6. The molecule has 1 aromatic rings. The molecule has 2 amide bonds. The Hall–Kier alpha value is -2.37. The maximum absolute atomic E-state index is 14.3. The molecule has 0 radical (unpaired) electrons. The summed E-state index contributed by atoms with van der Waals surface area (Å²) in [7, 11) is 0. The molecule has 204 valence electrons. The number of ether oxygens (including phenoxy) is 1. The number of nitrogens with one attached hydrogen (secondary N) is 2. The van der Waals surface area contributed by atoms with Crippen molar-refractivity contribution in [1.29, 1.82) is 0 Å². The Morgan fingerprint density at radius 3 is 2.03 bits per heavy atom. The van der Waals surface area contributed by atoms with Gasteiger partial charge in [-0.3, -0.25) is 4.79 Å². The minimum atomic E-state index is -0.860. The molecule has 1 rings (SSSR count). The molecule has 0 spiro atoms. The first kappa shape index (κ1) is 31.7. The van der Waals surface area contributed by atoms with Crippen LogP contribution in [0.5, 0.6) is 0 Å². The Labute approximate surface area is 218 Å². The summed E-state index contributed by atoms with van der Waals surface area (Å²) in [5.74, 6) is -0.797. The molecule has 0 unspecified atom stereocenters. The van der Waals surface area contributed by atoms with Crippen LogP contribution in [0.3, 0.4) is 0 Å². The zero-order valence-corrected chi connectivity index (χ0v) is 23.0. The summed E-state index contributed by atoms with van der Waals surface area (Å²) in [6.45, 7) is 7.34. The molecule has 36 heavy (non-hydrogen) atoms. The molecule has 0 aliphatic heterocycles. The molecule has 1 atom stereocenters. The highest BCUT2D eigenvalue weighted by Gasteiger charge is 2.24. The van der Waals surface area contributed by atoms with Gasteiger partial charge in [-0.05, 0) is 39.2 Å². The molecule has 0 aliphatic rings. The number of hydrogen-bond donors (Lipinski definition) is 2. The molecule has 0 saturated heterocycles. The van der Waals surface area contributed by atoms with E-state index >= 15 is 0 Å². The van der Waals surface area contributed by atoms with E-state index in [1.54, 1.807) is 26.8 Å². The van der Waals surface area contributed by atoms with Crippen molar-refractivity contribution in [3.8, 4) is 0 Å². The smallest absolute Gasteiger partial charge is 0.408 e. The summed E-state index contributed by atoms with van der Waals surface area (Å²) in [6, 6.07) is 8.52. The molecule has 2 N–H and O–H groups in total. The van der Waals surface area contributed by atoms with Crippen molar-refractivity contribution in [3.63, 3.8) is 0 Å². The Morgan fingerprint density at radius 1 is 0.917 bits per heavy atom. The average Bonchev–Trinajstić information content (AvgIpc) is 2.82. The largest absolute Gasteiger partial charge is 0.444 e. The monoisotopic (exact) mass is 504 g/mol. The van der Waals surface area contributed by atoms with Crippen LogP contribution in [0.1, 0.15) is 110 Å². The van der Waals surface area contributed by atoms with E-state index < -0.39 is 23.6 Å². The van der Waals surface area contributed by atoms with Crippen molar-refractivity contribution in [2.45, 2.75) is 123 Å². The quantitative estimate of drug-likeness (QED) is 0.200. The summed E-state index contributed by atoms with van der Waals surface area (Å²) in [5.41, 5.74) is 0.210. The lowest BCUT2D eigenvalue weighted by Gasteiger charge is -2.23. The number of allylic oxidation sites excluding steroid dienone is 1. The maximum Gasteiger partial charge on any atom is 0.408 e. The van der Waals surface area contributed by atoms with Gasteiger partial charge in [-0.15, -0.1) is 0 Å². The van der Waals surface area contributed by atoms with Crippen LogP contribution in [0.2, 0.25) is 0 Å². The summed E-state index contributed by atoms with van der Waals surface area (Å²) in [5, 5.41) is 5.24. The van der Waals surface area contributed by atoms with E-state index in [2.05, 4.69) is 17.6 Å². The molecule has 6 heteroatoms. The number of amides is 2. The van der Waals surface area contributed by atoms with Crippen molar-refractivity contribution >= 4 is 12.0 Å². The van der Waals surface area contributed by atoms with Gasteiger partial charge in [0.1, 0.15) is 17.5 Å². The number of rotatable bonds is 18. The molecule has 0 aliphatic carbocycles. The highest BCUT2D eigenvalue weighted by molar-refractivity contribution is 5.86. The van der Waals surface area contributed by atoms with Crippen molar-refractivity contribution in [2.24, 2.45) is 0 Å². The molecule has 5 nitrogen and oxygen atoms in total. The molecule has 0 aromatic heterocycles. The lowest BCUT2D eigenvalue weighted by molar-refractivity contribution is -0.123. The first-order valence-corrected chi connectivity index (χ1v) is 13.9. The molecular formula is C30H49FN2O3. The van der Waals surface area contributed by atoms with Crippen molar-refractivity contribution < 1.29 is 18.7 Å². The van der Waals surface area contributed by atoms with Crippen LogP contribution in [0.15, 0.2) is 42.2 Å².